The topological polar surface area (TPSA) is 41.1 Å². The molecule has 3 nitrogen and oxygen atoms in total. The van der Waals surface area contributed by atoms with Crippen molar-refractivity contribution >= 4 is 23.4 Å². The maximum Gasteiger partial charge on any atom is 0.237 e. The van der Waals surface area contributed by atoms with Gasteiger partial charge in [-0.2, -0.15) is 0 Å². The van der Waals surface area contributed by atoms with Crippen LogP contribution in [0.2, 0.25) is 0 Å². The second-order valence-electron chi connectivity index (χ2n) is 5.30. The van der Waals surface area contributed by atoms with Crippen molar-refractivity contribution in [2.24, 2.45) is 0 Å². The lowest BCUT2D eigenvalue weighted by atomic mass is 10.2. The van der Waals surface area contributed by atoms with Crippen molar-refractivity contribution in [2.75, 3.05) is 11.9 Å². The molecule has 0 aliphatic heterocycles. The SMILES string of the molecule is CCNCc1cccc(NC(=O)C(CC)Sc2ccccc2)c1. The summed E-state index contributed by atoms with van der Waals surface area (Å²) >= 11 is 1.61. The van der Waals surface area contributed by atoms with Crippen molar-refractivity contribution in [1.82, 2.24) is 5.32 Å². The molecule has 122 valence electrons. The number of carbonyl (C=O) groups is 1. The Morgan fingerprint density at radius 1 is 1.09 bits per heavy atom. The van der Waals surface area contributed by atoms with Crippen LogP contribution in [0.4, 0.5) is 5.69 Å². The number of amides is 1. The van der Waals surface area contributed by atoms with Gasteiger partial charge in [-0.3, -0.25) is 4.79 Å². The van der Waals surface area contributed by atoms with Crippen LogP contribution >= 0.6 is 11.8 Å². The molecule has 2 aromatic rings. The molecule has 0 spiro atoms. The molecule has 0 aliphatic carbocycles. The second kappa shape index (κ2) is 9.38. The van der Waals surface area contributed by atoms with E-state index >= 15 is 0 Å². The predicted molar refractivity (Wildman–Crippen MR) is 98.8 cm³/mol. The molecule has 2 aromatic carbocycles. The molecule has 0 saturated carbocycles. The fraction of sp³-hybridized carbons (Fsp3) is 0.316. The quantitative estimate of drug-likeness (QED) is 0.710. The zero-order valence-electron chi connectivity index (χ0n) is 13.7. The van der Waals surface area contributed by atoms with Gasteiger partial charge >= 0.3 is 0 Å². The average Bonchev–Trinajstić information content (AvgIpc) is 2.59. The van der Waals surface area contributed by atoms with E-state index in [1.807, 2.05) is 55.5 Å². The first-order valence-electron chi connectivity index (χ1n) is 8.05. The highest BCUT2D eigenvalue weighted by atomic mass is 32.2. The van der Waals surface area contributed by atoms with E-state index in [2.05, 4.69) is 23.6 Å². The van der Waals surface area contributed by atoms with E-state index in [-0.39, 0.29) is 11.2 Å². The number of hydrogen-bond donors (Lipinski definition) is 2. The Kier molecular flexibility index (Phi) is 7.17. The largest absolute Gasteiger partial charge is 0.325 e. The van der Waals surface area contributed by atoms with Gasteiger partial charge in [-0.05, 0) is 42.8 Å². The normalized spacial score (nSPS) is 11.9. The monoisotopic (exact) mass is 328 g/mol. The average molecular weight is 328 g/mol. The molecular formula is C19H24N2OS. The van der Waals surface area contributed by atoms with E-state index < -0.39 is 0 Å². The van der Waals surface area contributed by atoms with Gasteiger partial charge in [-0.1, -0.05) is 44.2 Å². The zero-order chi connectivity index (χ0) is 16.5. The summed E-state index contributed by atoms with van der Waals surface area (Å²) < 4.78 is 0. The van der Waals surface area contributed by atoms with Crippen molar-refractivity contribution in [3.63, 3.8) is 0 Å². The van der Waals surface area contributed by atoms with Gasteiger partial charge in [-0.25, -0.2) is 0 Å². The summed E-state index contributed by atoms with van der Waals surface area (Å²) in [6.07, 6.45) is 0.794. The van der Waals surface area contributed by atoms with Gasteiger partial charge in [0.2, 0.25) is 5.91 Å². The molecule has 0 saturated heterocycles. The third kappa shape index (κ3) is 5.73. The van der Waals surface area contributed by atoms with Gasteiger partial charge in [0.15, 0.2) is 0 Å². The lowest BCUT2D eigenvalue weighted by molar-refractivity contribution is -0.115. The highest BCUT2D eigenvalue weighted by molar-refractivity contribution is 8.00. The minimum absolute atomic E-state index is 0.0574. The fourth-order valence-corrected chi connectivity index (χ4v) is 3.21. The van der Waals surface area contributed by atoms with Crippen LogP contribution in [-0.4, -0.2) is 17.7 Å². The zero-order valence-corrected chi connectivity index (χ0v) is 14.5. The van der Waals surface area contributed by atoms with Crippen molar-refractivity contribution in [3.05, 3.63) is 60.2 Å². The molecule has 0 aliphatic rings. The Morgan fingerprint density at radius 3 is 2.57 bits per heavy atom. The number of benzene rings is 2. The molecule has 0 radical (unpaired) electrons. The Hall–Kier alpha value is -1.78. The van der Waals surface area contributed by atoms with Crippen LogP contribution in [-0.2, 0) is 11.3 Å². The minimum Gasteiger partial charge on any atom is -0.325 e. The van der Waals surface area contributed by atoms with Crippen LogP contribution in [0, 0.1) is 0 Å². The van der Waals surface area contributed by atoms with Crippen LogP contribution < -0.4 is 10.6 Å². The molecule has 2 rings (SSSR count). The van der Waals surface area contributed by atoms with E-state index in [0.717, 1.165) is 30.1 Å². The number of thioether (sulfide) groups is 1. The maximum absolute atomic E-state index is 12.5. The van der Waals surface area contributed by atoms with Crippen LogP contribution in [0.15, 0.2) is 59.5 Å². The van der Waals surface area contributed by atoms with E-state index in [9.17, 15) is 4.79 Å². The Balaban J connectivity index is 1.99. The van der Waals surface area contributed by atoms with E-state index in [4.69, 9.17) is 0 Å². The number of nitrogens with one attached hydrogen (secondary N) is 2. The van der Waals surface area contributed by atoms with Crippen LogP contribution in [0.5, 0.6) is 0 Å². The molecule has 0 aromatic heterocycles. The molecular weight excluding hydrogens is 304 g/mol. The second-order valence-corrected chi connectivity index (χ2v) is 6.57. The third-order valence-corrected chi connectivity index (χ3v) is 4.83. The number of carbonyl (C=O) groups excluding carboxylic acids is 1. The minimum atomic E-state index is -0.0881. The fourth-order valence-electron chi connectivity index (χ4n) is 2.24. The molecule has 0 bridgehead atoms. The molecule has 1 amide bonds. The molecule has 23 heavy (non-hydrogen) atoms. The first-order valence-corrected chi connectivity index (χ1v) is 8.93. The molecule has 4 heteroatoms. The lowest BCUT2D eigenvalue weighted by Gasteiger charge is -2.15. The van der Waals surface area contributed by atoms with Crippen LogP contribution in [0.25, 0.3) is 0 Å². The van der Waals surface area contributed by atoms with Crippen molar-refractivity contribution in [3.8, 4) is 0 Å². The van der Waals surface area contributed by atoms with Crippen molar-refractivity contribution in [1.29, 1.82) is 0 Å². The highest BCUT2D eigenvalue weighted by Crippen LogP contribution is 2.26. The molecule has 1 atom stereocenters. The Bertz CT molecular complexity index is 616. The Morgan fingerprint density at radius 2 is 1.87 bits per heavy atom. The predicted octanol–water partition coefficient (Wildman–Crippen LogP) is 4.31. The van der Waals surface area contributed by atoms with Gasteiger partial charge in [0, 0.05) is 17.1 Å². The number of rotatable bonds is 8. The van der Waals surface area contributed by atoms with Gasteiger partial charge in [-0.15, -0.1) is 11.8 Å². The molecule has 0 fully saturated rings. The molecule has 0 heterocycles. The van der Waals surface area contributed by atoms with Crippen molar-refractivity contribution < 1.29 is 4.79 Å². The lowest BCUT2D eigenvalue weighted by Crippen LogP contribution is -2.24. The third-order valence-electron chi connectivity index (χ3n) is 3.46. The standard InChI is InChI=1S/C19H24N2OS/c1-3-18(23-17-11-6-5-7-12-17)19(22)21-16-10-8-9-15(13-16)14-20-4-2/h5-13,18,20H,3-4,14H2,1-2H3,(H,21,22). The summed E-state index contributed by atoms with van der Waals surface area (Å²) in [5.74, 6) is 0.0574. The van der Waals surface area contributed by atoms with Crippen molar-refractivity contribution in [2.45, 2.75) is 37.0 Å². The van der Waals surface area contributed by atoms with Gasteiger partial charge in [0.1, 0.15) is 0 Å². The van der Waals surface area contributed by atoms with E-state index in [1.54, 1.807) is 11.8 Å². The molecule has 1 unspecified atom stereocenters. The molecule has 2 N–H and O–H groups in total. The summed E-state index contributed by atoms with van der Waals surface area (Å²) in [4.78, 5) is 13.6. The first-order chi connectivity index (χ1) is 11.2. The van der Waals surface area contributed by atoms with Crippen LogP contribution in [0.3, 0.4) is 0 Å². The first kappa shape index (κ1) is 17.6. The van der Waals surface area contributed by atoms with Gasteiger partial charge in [0.25, 0.3) is 0 Å². The maximum atomic E-state index is 12.5. The smallest absolute Gasteiger partial charge is 0.237 e. The highest BCUT2D eigenvalue weighted by Gasteiger charge is 2.18. The number of hydrogen-bond acceptors (Lipinski definition) is 3. The summed E-state index contributed by atoms with van der Waals surface area (Å²) in [6, 6.07) is 18.1. The summed E-state index contributed by atoms with van der Waals surface area (Å²) in [6.45, 7) is 5.87. The van der Waals surface area contributed by atoms with Crippen LogP contribution in [0.1, 0.15) is 25.8 Å². The van der Waals surface area contributed by atoms with Gasteiger partial charge in [0.05, 0.1) is 5.25 Å². The Labute approximate surface area is 142 Å². The van der Waals surface area contributed by atoms with Gasteiger partial charge < -0.3 is 10.6 Å². The summed E-state index contributed by atoms with van der Waals surface area (Å²) in [5, 5.41) is 6.25. The number of anilines is 1. The van der Waals surface area contributed by atoms with E-state index in [0.29, 0.717) is 0 Å². The summed E-state index contributed by atoms with van der Waals surface area (Å²) in [5.41, 5.74) is 2.03. The van der Waals surface area contributed by atoms with E-state index in [1.165, 1.54) is 5.56 Å². The summed E-state index contributed by atoms with van der Waals surface area (Å²) in [7, 11) is 0.